The van der Waals surface area contributed by atoms with E-state index in [0.717, 1.165) is 4.31 Å². The van der Waals surface area contributed by atoms with Gasteiger partial charge in [-0.25, -0.2) is 17.6 Å². The SMILES string of the molecule is CC(=O)c1ccc(S(=O)(=O)N2CC[C@@](F)(C(=O)O)C[C@H]2C)c(-c2ccccc2Cl)c1. The van der Waals surface area contributed by atoms with Crippen molar-refractivity contribution in [1.82, 2.24) is 4.31 Å². The maximum atomic E-state index is 14.6. The molecule has 2 aromatic rings. The minimum absolute atomic E-state index is 0.0749. The first kappa shape index (κ1) is 22.4. The normalized spacial score (nSPS) is 22.6. The van der Waals surface area contributed by atoms with Crippen molar-refractivity contribution in [3.63, 3.8) is 0 Å². The van der Waals surface area contributed by atoms with Gasteiger partial charge in [-0.3, -0.25) is 4.79 Å². The first-order valence-corrected chi connectivity index (χ1v) is 11.1. The molecule has 0 radical (unpaired) electrons. The van der Waals surface area contributed by atoms with Crippen LogP contribution in [0.5, 0.6) is 0 Å². The number of alkyl halides is 1. The van der Waals surface area contributed by atoms with Gasteiger partial charge in [0.2, 0.25) is 15.7 Å². The second-order valence-corrected chi connectivity index (χ2v) is 9.70. The molecule has 6 nitrogen and oxygen atoms in total. The number of sulfonamides is 1. The molecule has 1 aliphatic heterocycles. The standard InChI is InChI=1S/C21H21ClFNO5S/c1-13-12-21(23,20(26)27)9-10-24(13)30(28,29)19-8-7-15(14(2)25)11-17(19)16-5-3-4-6-18(16)22/h3-8,11,13H,9-10,12H2,1-2H3,(H,26,27)/t13-,21+/m1/s1. The molecule has 2 aromatic carbocycles. The van der Waals surface area contributed by atoms with Gasteiger partial charge in [0.25, 0.3) is 0 Å². The number of carbonyl (C=O) groups is 2. The van der Waals surface area contributed by atoms with Gasteiger partial charge in [-0.2, -0.15) is 4.31 Å². The fraction of sp³-hybridized carbons (Fsp3) is 0.333. The number of hydrogen-bond acceptors (Lipinski definition) is 4. The van der Waals surface area contributed by atoms with Crippen molar-refractivity contribution in [2.45, 2.75) is 43.3 Å². The average molecular weight is 454 g/mol. The zero-order valence-electron chi connectivity index (χ0n) is 16.4. The average Bonchev–Trinajstić information content (AvgIpc) is 2.67. The molecule has 30 heavy (non-hydrogen) atoms. The van der Waals surface area contributed by atoms with Gasteiger partial charge in [0.1, 0.15) is 0 Å². The Balaban J connectivity index is 2.12. The van der Waals surface area contributed by atoms with E-state index in [2.05, 4.69) is 0 Å². The molecule has 0 saturated carbocycles. The van der Waals surface area contributed by atoms with Crippen LogP contribution >= 0.6 is 11.6 Å². The third kappa shape index (κ3) is 3.99. The lowest BCUT2D eigenvalue weighted by atomic mass is 9.90. The number of carboxylic acid groups (broad SMARTS) is 1. The third-order valence-corrected chi connectivity index (χ3v) is 7.76. The lowest BCUT2D eigenvalue weighted by Gasteiger charge is -2.38. The van der Waals surface area contributed by atoms with Crippen molar-refractivity contribution in [2.75, 3.05) is 6.54 Å². The highest BCUT2D eigenvalue weighted by atomic mass is 35.5. The predicted octanol–water partition coefficient (Wildman–Crippen LogP) is 4.18. The van der Waals surface area contributed by atoms with Gasteiger partial charge in [-0.15, -0.1) is 0 Å². The fourth-order valence-corrected chi connectivity index (χ4v) is 5.78. The molecular formula is C21H21ClFNO5S. The van der Waals surface area contributed by atoms with Crippen molar-refractivity contribution in [1.29, 1.82) is 0 Å². The van der Waals surface area contributed by atoms with E-state index in [9.17, 15) is 22.4 Å². The molecule has 1 N–H and O–H groups in total. The van der Waals surface area contributed by atoms with Crippen LogP contribution in [-0.2, 0) is 14.8 Å². The van der Waals surface area contributed by atoms with Crippen molar-refractivity contribution < 1.29 is 27.5 Å². The Hall–Kier alpha value is -2.29. The molecule has 0 spiro atoms. The molecule has 1 heterocycles. The monoisotopic (exact) mass is 453 g/mol. The maximum Gasteiger partial charge on any atom is 0.341 e. The Labute approximate surface area is 179 Å². The van der Waals surface area contributed by atoms with Crippen LogP contribution in [0.15, 0.2) is 47.4 Å². The highest BCUT2D eigenvalue weighted by molar-refractivity contribution is 7.89. The lowest BCUT2D eigenvalue weighted by Crippen LogP contribution is -2.52. The van der Waals surface area contributed by atoms with Crippen molar-refractivity contribution in [3.05, 3.63) is 53.1 Å². The fourth-order valence-electron chi connectivity index (χ4n) is 3.72. The summed E-state index contributed by atoms with van der Waals surface area (Å²) in [7, 11) is -4.12. The number of Topliss-reactive ketones (excluding diaryl/α,β-unsaturated/α-hetero) is 1. The summed E-state index contributed by atoms with van der Waals surface area (Å²) in [6, 6.07) is 10.0. The highest BCUT2D eigenvalue weighted by Gasteiger charge is 2.48. The molecule has 0 unspecified atom stereocenters. The van der Waals surface area contributed by atoms with E-state index in [0.29, 0.717) is 16.1 Å². The van der Waals surface area contributed by atoms with Crippen LogP contribution in [0.4, 0.5) is 4.39 Å². The third-order valence-electron chi connectivity index (χ3n) is 5.36. The molecule has 9 heteroatoms. The largest absolute Gasteiger partial charge is 0.479 e. The molecule has 3 rings (SSSR count). The molecule has 0 aliphatic carbocycles. The summed E-state index contributed by atoms with van der Waals surface area (Å²) in [5.74, 6) is -1.82. The van der Waals surface area contributed by atoms with Crippen LogP contribution in [0.3, 0.4) is 0 Å². The minimum Gasteiger partial charge on any atom is -0.479 e. The molecule has 1 saturated heterocycles. The first-order chi connectivity index (χ1) is 14.0. The minimum atomic E-state index is -4.12. The second-order valence-electron chi connectivity index (χ2n) is 7.44. The molecule has 2 atom stereocenters. The Morgan fingerprint density at radius 3 is 2.43 bits per heavy atom. The number of piperidine rings is 1. The summed E-state index contributed by atoms with van der Waals surface area (Å²) in [6.45, 7) is 2.58. The summed E-state index contributed by atoms with van der Waals surface area (Å²) in [5.41, 5.74) is -1.44. The number of hydrogen-bond donors (Lipinski definition) is 1. The molecule has 0 bridgehead atoms. The zero-order valence-corrected chi connectivity index (χ0v) is 18.0. The molecule has 1 fully saturated rings. The summed E-state index contributed by atoms with van der Waals surface area (Å²) in [4.78, 5) is 23.0. The predicted molar refractivity (Wildman–Crippen MR) is 111 cm³/mol. The molecule has 160 valence electrons. The van der Waals surface area contributed by atoms with Crippen molar-refractivity contribution in [3.8, 4) is 11.1 Å². The Bertz CT molecular complexity index is 1120. The van der Waals surface area contributed by atoms with Crippen molar-refractivity contribution >= 4 is 33.4 Å². The maximum absolute atomic E-state index is 14.6. The summed E-state index contributed by atoms with van der Waals surface area (Å²) < 4.78 is 42.7. The van der Waals surface area contributed by atoms with Crippen LogP contribution in [-0.4, -0.2) is 47.8 Å². The van der Waals surface area contributed by atoms with E-state index in [4.69, 9.17) is 16.7 Å². The van der Waals surface area contributed by atoms with E-state index >= 15 is 0 Å². The smallest absolute Gasteiger partial charge is 0.341 e. The van der Waals surface area contributed by atoms with E-state index in [1.165, 1.54) is 32.0 Å². The van der Waals surface area contributed by atoms with Gasteiger partial charge in [-0.1, -0.05) is 35.9 Å². The van der Waals surface area contributed by atoms with Crippen molar-refractivity contribution in [2.24, 2.45) is 0 Å². The van der Waals surface area contributed by atoms with Crippen LogP contribution in [0.2, 0.25) is 5.02 Å². The summed E-state index contributed by atoms with van der Waals surface area (Å²) in [6.07, 6.45) is -0.895. The Kier molecular flexibility index (Phi) is 6.04. The number of ketones is 1. The van der Waals surface area contributed by atoms with Gasteiger partial charge in [0.15, 0.2) is 5.78 Å². The number of halogens is 2. The van der Waals surface area contributed by atoms with Gasteiger partial charge in [-0.05, 0) is 32.0 Å². The second kappa shape index (κ2) is 8.09. The number of carbonyl (C=O) groups excluding carboxylic acids is 1. The Morgan fingerprint density at radius 1 is 1.20 bits per heavy atom. The summed E-state index contributed by atoms with van der Waals surface area (Å²) in [5, 5.41) is 9.45. The van der Waals surface area contributed by atoms with Crippen LogP contribution < -0.4 is 0 Å². The molecule has 0 aromatic heterocycles. The van der Waals surface area contributed by atoms with Gasteiger partial charge in [0, 0.05) is 47.1 Å². The lowest BCUT2D eigenvalue weighted by molar-refractivity contribution is -0.154. The van der Waals surface area contributed by atoms with Crippen LogP contribution in [0, 0.1) is 0 Å². The molecule has 0 amide bonds. The van der Waals surface area contributed by atoms with E-state index in [1.54, 1.807) is 24.3 Å². The summed E-state index contributed by atoms with van der Waals surface area (Å²) >= 11 is 6.29. The quantitative estimate of drug-likeness (QED) is 0.686. The van der Waals surface area contributed by atoms with E-state index < -0.39 is 40.5 Å². The topological polar surface area (TPSA) is 91.8 Å². The van der Waals surface area contributed by atoms with E-state index in [1.807, 2.05) is 0 Å². The van der Waals surface area contributed by atoms with E-state index in [-0.39, 0.29) is 22.8 Å². The highest BCUT2D eigenvalue weighted by Crippen LogP contribution is 2.38. The number of rotatable bonds is 5. The molecular weight excluding hydrogens is 433 g/mol. The Morgan fingerprint density at radius 2 is 1.87 bits per heavy atom. The zero-order chi connectivity index (χ0) is 22.3. The van der Waals surface area contributed by atoms with Gasteiger partial charge in [0.05, 0.1) is 4.90 Å². The first-order valence-electron chi connectivity index (χ1n) is 9.31. The number of benzene rings is 2. The number of carboxylic acids is 1. The van der Waals surface area contributed by atoms with Crippen LogP contribution in [0.25, 0.3) is 11.1 Å². The molecule has 1 aliphatic rings. The van der Waals surface area contributed by atoms with Gasteiger partial charge >= 0.3 is 5.97 Å². The number of nitrogens with zero attached hydrogens (tertiary/aromatic N) is 1. The number of aliphatic carboxylic acids is 1. The van der Waals surface area contributed by atoms with Crippen LogP contribution in [0.1, 0.15) is 37.0 Å². The van der Waals surface area contributed by atoms with Gasteiger partial charge < -0.3 is 5.11 Å².